The molecule has 0 aliphatic carbocycles. The molecule has 7 rings (SSSR count). The predicted octanol–water partition coefficient (Wildman–Crippen LogP) is 7.10. The number of rotatable bonds is 7. The molecule has 1 saturated heterocycles. The summed E-state index contributed by atoms with van der Waals surface area (Å²) in [6.07, 6.45) is 0.0691. The number of benzene rings is 4. The molecule has 6 aromatic rings. The molecule has 0 amide bonds. The molecule has 168 valence electrons. The van der Waals surface area contributed by atoms with Crippen molar-refractivity contribution in [3.05, 3.63) is 97.1 Å². The Morgan fingerprint density at radius 1 is 0.618 bits per heavy atom. The molecule has 0 N–H and O–H groups in total. The second kappa shape index (κ2) is 8.23. The summed E-state index contributed by atoms with van der Waals surface area (Å²) in [6, 6.07) is 35.0. The van der Waals surface area contributed by atoms with E-state index in [-0.39, 0.29) is 6.10 Å². The number of ether oxygens (including phenoxy) is 1. The number of hydrogen-bond donors (Lipinski definition) is 0. The van der Waals surface area contributed by atoms with Crippen molar-refractivity contribution in [3.8, 4) is 0 Å². The highest BCUT2D eigenvalue weighted by Gasteiger charge is 2.26. The molecule has 34 heavy (non-hydrogen) atoms. The molecule has 3 heterocycles. The fourth-order valence-corrected chi connectivity index (χ4v) is 5.79. The summed E-state index contributed by atoms with van der Waals surface area (Å²) in [7, 11) is 0. The fraction of sp³-hybridized carbons (Fsp3) is 0.200. The Bertz CT molecular complexity index is 1420. The molecule has 1 fully saturated rings. The average Bonchev–Trinajstić information content (AvgIpc) is 3.61. The van der Waals surface area contributed by atoms with Crippen LogP contribution in [0, 0.1) is 0 Å². The van der Waals surface area contributed by atoms with Gasteiger partial charge in [0.25, 0.3) is 0 Å². The Balaban J connectivity index is 1.34. The van der Waals surface area contributed by atoms with Crippen LogP contribution in [-0.4, -0.2) is 32.8 Å². The third-order valence-corrected chi connectivity index (χ3v) is 7.99. The monoisotopic (exact) mass is 462 g/mol. The first kappa shape index (κ1) is 20.2. The van der Waals surface area contributed by atoms with Crippen LogP contribution >= 0.6 is 11.8 Å². The first-order valence-electron chi connectivity index (χ1n) is 12.0. The predicted molar refractivity (Wildman–Crippen MR) is 145 cm³/mol. The summed E-state index contributed by atoms with van der Waals surface area (Å²) < 4.78 is 11.6. The maximum Gasteiger partial charge on any atom is 0.0933 e. The van der Waals surface area contributed by atoms with E-state index in [2.05, 4.69) is 106 Å². The minimum atomic E-state index is 0.0691. The van der Waals surface area contributed by atoms with Crippen LogP contribution in [0.4, 0.5) is 0 Å². The topological polar surface area (TPSA) is 19.1 Å². The average molecular weight is 463 g/mol. The quantitative estimate of drug-likeness (QED) is 0.236. The first-order chi connectivity index (χ1) is 16.9. The van der Waals surface area contributed by atoms with Crippen molar-refractivity contribution in [1.82, 2.24) is 9.13 Å². The lowest BCUT2D eigenvalue weighted by atomic mass is 10.2. The summed E-state index contributed by atoms with van der Waals surface area (Å²) in [5, 5.41) is 5.90. The number of fused-ring (bicyclic) bond motifs is 6. The maximum atomic E-state index is 6.65. The molecule has 0 saturated carbocycles. The second-order valence-corrected chi connectivity index (χ2v) is 10.5. The lowest BCUT2D eigenvalue weighted by molar-refractivity contribution is 0.0379. The third-order valence-electron chi connectivity index (χ3n) is 7.05. The molecule has 1 aliphatic rings. The highest BCUT2D eigenvalue weighted by atomic mass is 32.2. The van der Waals surface area contributed by atoms with Crippen LogP contribution in [0.3, 0.4) is 0 Å². The molecule has 0 spiro atoms. The van der Waals surface area contributed by atoms with Gasteiger partial charge in [-0.25, -0.2) is 0 Å². The number of aromatic nitrogens is 2. The van der Waals surface area contributed by atoms with Crippen molar-refractivity contribution in [2.45, 2.75) is 24.4 Å². The third kappa shape index (κ3) is 3.41. The second-order valence-electron chi connectivity index (χ2n) is 9.20. The Kier molecular flexibility index (Phi) is 4.88. The van der Waals surface area contributed by atoms with Crippen LogP contribution < -0.4 is 0 Å². The van der Waals surface area contributed by atoms with Gasteiger partial charge in [-0.1, -0.05) is 72.8 Å². The van der Waals surface area contributed by atoms with Crippen LogP contribution in [-0.2, 0) is 17.8 Å². The molecule has 1 atom stereocenters. The van der Waals surface area contributed by atoms with Crippen LogP contribution in [0.5, 0.6) is 0 Å². The lowest BCUT2D eigenvalue weighted by Crippen LogP contribution is -2.27. The van der Waals surface area contributed by atoms with Crippen molar-refractivity contribution in [2.75, 3.05) is 12.4 Å². The lowest BCUT2D eigenvalue weighted by Gasteiger charge is -2.22. The van der Waals surface area contributed by atoms with E-state index >= 15 is 0 Å². The van der Waals surface area contributed by atoms with Gasteiger partial charge in [-0.05, 0) is 24.3 Å². The molecule has 4 aromatic carbocycles. The minimum absolute atomic E-state index is 0.0691. The van der Waals surface area contributed by atoms with Crippen LogP contribution in [0.25, 0.3) is 43.6 Å². The molecule has 1 aliphatic heterocycles. The standard InChI is InChI=1S/C30H26N2OS/c1-5-13-27-23(9-1)24-10-2-6-14-28(24)31(27)17-21(33-19-22-20-34-22)18-32-29-15-7-3-11-25(29)26-12-4-8-16-30(26)32/h1-16,21-22H,17-20H2. The largest absolute Gasteiger partial charge is 0.373 e. The smallest absolute Gasteiger partial charge is 0.0933 e. The van der Waals surface area contributed by atoms with E-state index in [1.807, 2.05) is 11.8 Å². The van der Waals surface area contributed by atoms with E-state index in [4.69, 9.17) is 4.74 Å². The Labute approximate surface area is 202 Å². The first-order valence-corrected chi connectivity index (χ1v) is 13.1. The number of thioether (sulfide) groups is 1. The minimum Gasteiger partial charge on any atom is -0.373 e. The summed E-state index contributed by atoms with van der Waals surface area (Å²) in [6.45, 7) is 2.47. The van der Waals surface area contributed by atoms with Gasteiger partial charge in [0.1, 0.15) is 0 Å². The van der Waals surface area contributed by atoms with Gasteiger partial charge in [0.15, 0.2) is 0 Å². The van der Waals surface area contributed by atoms with E-state index in [1.165, 1.54) is 49.4 Å². The molecule has 4 heteroatoms. The molecule has 1 unspecified atom stereocenters. The summed E-state index contributed by atoms with van der Waals surface area (Å²) in [5.74, 6) is 1.22. The van der Waals surface area contributed by atoms with Gasteiger partial charge < -0.3 is 13.9 Å². The van der Waals surface area contributed by atoms with Crippen molar-refractivity contribution in [2.24, 2.45) is 0 Å². The van der Waals surface area contributed by atoms with Crippen LogP contribution in [0.2, 0.25) is 0 Å². The normalized spacial score (nSPS) is 15.9. The molecule has 2 aromatic heterocycles. The zero-order chi connectivity index (χ0) is 22.5. The summed E-state index contributed by atoms with van der Waals surface area (Å²) in [5.41, 5.74) is 5.11. The van der Waals surface area contributed by atoms with Gasteiger partial charge in [0.05, 0.1) is 25.8 Å². The highest BCUT2D eigenvalue weighted by molar-refractivity contribution is 8.06. The van der Waals surface area contributed by atoms with Gasteiger partial charge in [0, 0.05) is 54.6 Å². The molecule has 0 radical (unpaired) electrons. The van der Waals surface area contributed by atoms with Gasteiger partial charge in [-0.3, -0.25) is 0 Å². The summed E-state index contributed by atoms with van der Waals surface area (Å²) >= 11 is 2.00. The molecular formula is C30H26N2OS. The van der Waals surface area contributed by atoms with Crippen LogP contribution in [0.1, 0.15) is 0 Å². The molecular weight excluding hydrogens is 436 g/mol. The van der Waals surface area contributed by atoms with Crippen molar-refractivity contribution in [1.29, 1.82) is 0 Å². The van der Waals surface area contributed by atoms with Gasteiger partial charge in [0.2, 0.25) is 0 Å². The fourth-order valence-electron chi connectivity index (χ4n) is 5.38. The van der Waals surface area contributed by atoms with Crippen molar-refractivity contribution < 1.29 is 4.74 Å². The molecule has 3 nitrogen and oxygen atoms in total. The maximum absolute atomic E-state index is 6.65. The zero-order valence-corrected chi connectivity index (χ0v) is 19.7. The van der Waals surface area contributed by atoms with Crippen molar-refractivity contribution in [3.63, 3.8) is 0 Å². The van der Waals surface area contributed by atoms with Gasteiger partial charge >= 0.3 is 0 Å². The molecule has 0 bridgehead atoms. The summed E-state index contributed by atoms with van der Waals surface area (Å²) in [4.78, 5) is 0. The Morgan fingerprint density at radius 3 is 1.32 bits per heavy atom. The zero-order valence-electron chi connectivity index (χ0n) is 18.9. The number of hydrogen-bond acceptors (Lipinski definition) is 2. The van der Waals surface area contributed by atoms with Crippen molar-refractivity contribution >= 4 is 55.4 Å². The number of para-hydroxylation sites is 4. The van der Waals surface area contributed by atoms with E-state index in [1.54, 1.807) is 0 Å². The van der Waals surface area contributed by atoms with E-state index in [0.29, 0.717) is 5.25 Å². The number of nitrogens with zero attached hydrogens (tertiary/aromatic N) is 2. The van der Waals surface area contributed by atoms with E-state index in [9.17, 15) is 0 Å². The van der Waals surface area contributed by atoms with Gasteiger partial charge in [-0.15, -0.1) is 0 Å². The SMILES string of the molecule is c1ccc2c(c1)c1ccccc1n2CC(Cn1c2ccccc2c2ccccc21)OCC1CS1. The Hall–Kier alpha value is -3.21. The Morgan fingerprint density at radius 2 is 0.971 bits per heavy atom. The van der Waals surface area contributed by atoms with Crippen LogP contribution in [0.15, 0.2) is 97.1 Å². The van der Waals surface area contributed by atoms with E-state index < -0.39 is 0 Å². The van der Waals surface area contributed by atoms with E-state index in [0.717, 1.165) is 19.7 Å². The van der Waals surface area contributed by atoms with Gasteiger partial charge in [-0.2, -0.15) is 11.8 Å². The highest BCUT2D eigenvalue weighted by Crippen LogP contribution is 2.33.